The van der Waals surface area contributed by atoms with Crippen LogP contribution in [0.4, 0.5) is 5.69 Å². The highest BCUT2D eigenvalue weighted by atomic mass is 32.2. The van der Waals surface area contributed by atoms with Gasteiger partial charge in [0.05, 0.1) is 39.6 Å². The van der Waals surface area contributed by atoms with E-state index in [2.05, 4.69) is 5.32 Å². The largest absolute Gasteiger partial charge is 0.488 e. The van der Waals surface area contributed by atoms with Gasteiger partial charge in [0, 0.05) is 12.3 Å². The summed E-state index contributed by atoms with van der Waals surface area (Å²) in [6.45, 7) is -1.21. The Bertz CT molecular complexity index is 1560. The van der Waals surface area contributed by atoms with E-state index in [9.17, 15) is 76.0 Å². The van der Waals surface area contributed by atoms with Crippen LogP contribution in [0.3, 0.4) is 0 Å². The second-order valence-corrected chi connectivity index (χ2v) is 15.9. The molecule has 1 aromatic rings. The molecule has 4 saturated heterocycles. The standard InChI is InChI=1S/C35H57NO24S/c1-2-52-28-16(21(45)26(28)50)36-4-7-61-6-3-5-53-33-29(23(47)18(42)13(9-38)55-33)59-35-31(25(49)20(44)15(11-40)57-35)60-34-30(24(48)19(43)14(10-39)56-34)58-32-27(51)22(46)17(41)12(8-37)54-32/h12-15,17-20,22-25,27,29-44,46-49,51H,2-11H2,1H3/t12-,13-,14-,15-,17-,18-,19-,20-,22+,23+,24+,25+,27+,29+,30+,31+,32+,33-,34+,35+/m1/s1. The lowest BCUT2D eigenvalue weighted by molar-refractivity contribution is -0.406. The molecular formula is C35H57NO24S. The van der Waals surface area contributed by atoms with Crippen LogP contribution in [0.1, 0.15) is 13.3 Å². The fourth-order valence-corrected chi connectivity index (χ4v) is 7.90. The first-order valence-corrected chi connectivity index (χ1v) is 20.8. The minimum atomic E-state index is -2.04. The Hall–Kier alpha value is -1.81. The van der Waals surface area contributed by atoms with Gasteiger partial charge in [-0.2, -0.15) is 11.8 Å². The summed E-state index contributed by atoms with van der Waals surface area (Å²) in [6, 6.07) is 0. The number of nitrogens with one attached hydrogen (secondary N) is 1. The van der Waals surface area contributed by atoms with Crippen LogP contribution >= 0.6 is 11.8 Å². The zero-order valence-electron chi connectivity index (χ0n) is 32.8. The molecule has 0 unspecified atom stereocenters. The van der Waals surface area contributed by atoms with Gasteiger partial charge in [-0.15, -0.1) is 0 Å². The molecule has 4 heterocycles. The number of hydrogen-bond acceptors (Lipinski definition) is 26. The molecule has 0 aliphatic carbocycles. The van der Waals surface area contributed by atoms with Gasteiger partial charge in [-0.25, -0.2) is 0 Å². The van der Waals surface area contributed by atoms with Crippen molar-refractivity contribution in [3.8, 4) is 5.75 Å². The van der Waals surface area contributed by atoms with Crippen molar-refractivity contribution >= 4 is 17.4 Å². The van der Waals surface area contributed by atoms with Gasteiger partial charge in [0.25, 0.3) is 10.9 Å². The number of aliphatic hydroxyl groups is 13. The summed E-state index contributed by atoms with van der Waals surface area (Å²) in [6.07, 6.45) is -35.8. The Kier molecular flexibility index (Phi) is 18.8. The zero-order chi connectivity index (χ0) is 44.7. The van der Waals surface area contributed by atoms with Crippen LogP contribution in [0, 0.1) is 0 Å². The van der Waals surface area contributed by atoms with Crippen molar-refractivity contribution in [1.29, 1.82) is 0 Å². The molecule has 25 nitrogen and oxygen atoms in total. The van der Waals surface area contributed by atoms with Crippen LogP contribution in [0.5, 0.6) is 5.75 Å². The van der Waals surface area contributed by atoms with Crippen LogP contribution in [-0.2, 0) is 37.9 Å². The number of anilines is 1. The van der Waals surface area contributed by atoms with Crippen LogP contribution in [0.15, 0.2) is 9.59 Å². The van der Waals surface area contributed by atoms with Gasteiger partial charge in [-0.3, -0.25) is 9.59 Å². The summed E-state index contributed by atoms with van der Waals surface area (Å²) in [4.78, 5) is 23.5. The van der Waals surface area contributed by atoms with E-state index in [-0.39, 0.29) is 24.7 Å². The highest BCUT2D eigenvalue weighted by Gasteiger charge is 2.56. The van der Waals surface area contributed by atoms with Crippen molar-refractivity contribution < 1.29 is 109 Å². The van der Waals surface area contributed by atoms with Gasteiger partial charge in [-0.1, -0.05) is 0 Å². The van der Waals surface area contributed by atoms with Gasteiger partial charge in [0.1, 0.15) is 103 Å². The summed E-state index contributed by atoms with van der Waals surface area (Å²) in [5.74, 6) is 1.02. The van der Waals surface area contributed by atoms with Crippen molar-refractivity contribution in [2.24, 2.45) is 0 Å². The Labute approximate surface area is 351 Å². The van der Waals surface area contributed by atoms with Gasteiger partial charge < -0.3 is 114 Å². The summed E-state index contributed by atoms with van der Waals surface area (Å²) in [5, 5.41) is 139. The van der Waals surface area contributed by atoms with Crippen LogP contribution < -0.4 is 20.9 Å². The molecule has 0 spiro atoms. The van der Waals surface area contributed by atoms with Crippen LogP contribution in [0.25, 0.3) is 0 Å². The quantitative estimate of drug-likeness (QED) is 0.0402. The van der Waals surface area contributed by atoms with E-state index in [1.54, 1.807) is 6.92 Å². The third kappa shape index (κ3) is 11.2. The molecule has 14 N–H and O–H groups in total. The summed E-state index contributed by atoms with van der Waals surface area (Å²) >= 11 is 1.46. The first kappa shape index (κ1) is 50.2. The van der Waals surface area contributed by atoms with E-state index in [1.165, 1.54) is 11.8 Å². The molecular weight excluding hydrogens is 850 g/mol. The third-order valence-corrected chi connectivity index (χ3v) is 11.7. The lowest BCUT2D eigenvalue weighted by Gasteiger charge is -2.49. The fourth-order valence-electron chi connectivity index (χ4n) is 7.13. The minimum Gasteiger partial charge on any atom is -0.488 e. The number of hydrogen-bond donors (Lipinski definition) is 14. The molecule has 0 amide bonds. The molecule has 4 aliphatic heterocycles. The maximum absolute atomic E-state index is 11.8. The highest BCUT2D eigenvalue weighted by molar-refractivity contribution is 7.99. The highest BCUT2D eigenvalue weighted by Crippen LogP contribution is 2.35. The molecule has 0 aromatic heterocycles. The van der Waals surface area contributed by atoms with E-state index < -0.39 is 160 Å². The summed E-state index contributed by atoms with van der Waals surface area (Å²) < 4.78 is 51.1. The van der Waals surface area contributed by atoms with Crippen molar-refractivity contribution in [3.05, 3.63) is 20.4 Å². The molecule has 4 aliphatic rings. The van der Waals surface area contributed by atoms with Crippen molar-refractivity contribution in [2.45, 2.75) is 136 Å². The Balaban J connectivity index is 1.28. The molecule has 0 bridgehead atoms. The lowest BCUT2D eigenvalue weighted by Crippen LogP contribution is -2.68. The van der Waals surface area contributed by atoms with Gasteiger partial charge >= 0.3 is 0 Å². The van der Waals surface area contributed by atoms with Crippen molar-refractivity contribution in [1.82, 2.24) is 0 Å². The predicted octanol–water partition coefficient (Wildman–Crippen LogP) is -8.49. The van der Waals surface area contributed by atoms with Gasteiger partial charge in [0.15, 0.2) is 30.9 Å². The molecule has 5 rings (SSSR count). The van der Waals surface area contributed by atoms with Gasteiger partial charge in [-0.05, 0) is 19.1 Å². The molecule has 4 fully saturated rings. The van der Waals surface area contributed by atoms with Crippen molar-refractivity contribution in [2.75, 3.05) is 63.0 Å². The maximum Gasteiger partial charge on any atom is 0.272 e. The average Bonchev–Trinajstić information content (AvgIpc) is 3.26. The molecule has 1 aromatic carbocycles. The monoisotopic (exact) mass is 907 g/mol. The molecule has 26 heteroatoms. The third-order valence-electron chi connectivity index (χ3n) is 10.6. The molecule has 0 saturated carbocycles. The minimum absolute atomic E-state index is 0.000874. The second kappa shape index (κ2) is 22.9. The first-order chi connectivity index (χ1) is 29.1. The van der Waals surface area contributed by atoms with Crippen LogP contribution in [0.2, 0.25) is 0 Å². The van der Waals surface area contributed by atoms with E-state index >= 15 is 0 Å². The molecule has 352 valence electrons. The normalized spacial score (nSPS) is 42.1. The Morgan fingerprint density at radius 2 is 0.967 bits per heavy atom. The molecule has 61 heavy (non-hydrogen) atoms. The molecule has 20 atom stereocenters. The van der Waals surface area contributed by atoms with E-state index in [1.807, 2.05) is 0 Å². The summed E-state index contributed by atoms with van der Waals surface area (Å²) in [7, 11) is 0. The SMILES string of the molecule is CCOc1c(NCCSCCCO[C@@H]2O[C@H](CO)[C@@H](O)[C@H](O)[C@@H]2O[C@@H]2O[C@H](CO)[C@@H](O)[C@H](O)[C@@H]2O[C@@H]2O[C@H](CO)[C@@H](O)[C@H](O)[C@@H]2O[C@@H]2O[C@H](CO)[C@@H](O)[C@H](O)[C@@H]2O)c(=O)c1=O. The van der Waals surface area contributed by atoms with Crippen LogP contribution in [-0.4, -0.2) is 247 Å². The Morgan fingerprint density at radius 3 is 1.44 bits per heavy atom. The van der Waals surface area contributed by atoms with E-state index in [4.69, 9.17) is 42.6 Å². The average molecular weight is 908 g/mol. The molecule has 0 radical (unpaired) electrons. The number of aliphatic hydroxyl groups excluding tert-OH is 13. The van der Waals surface area contributed by atoms with E-state index in [0.717, 1.165) is 0 Å². The lowest BCUT2D eigenvalue weighted by atomic mass is 9.96. The number of rotatable bonds is 21. The second-order valence-electron chi connectivity index (χ2n) is 14.7. The van der Waals surface area contributed by atoms with Gasteiger partial charge in [0.2, 0.25) is 0 Å². The number of thioether (sulfide) groups is 1. The van der Waals surface area contributed by atoms with E-state index in [0.29, 0.717) is 24.5 Å². The predicted molar refractivity (Wildman–Crippen MR) is 201 cm³/mol. The topological polar surface area (TPSA) is 392 Å². The Morgan fingerprint density at radius 1 is 0.541 bits per heavy atom. The number of ether oxygens (including phenoxy) is 9. The smallest absolute Gasteiger partial charge is 0.272 e. The zero-order valence-corrected chi connectivity index (χ0v) is 33.6. The van der Waals surface area contributed by atoms with Crippen molar-refractivity contribution in [3.63, 3.8) is 0 Å². The first-order valence-electron chi connectivity index (χ1n) is 19.7. The fraction of sp³-hybridized carbons (Fsp3) is 0.886. The maximum atomic E-state index is 11.8. The summed E-state index contributed by atoms with van der Waals surface area (Å²) in [5.41, 5.74) is -1.23.